The quantitative estimate of drug-likeness (QED) is 0.885. The number of hydrogen-bond acceptors (Lipinski definition) is 4. The Balaban J connectivity index is 2.10. The third-order valence-corrected chi connectivity index (χ3v) is 3.67. The van der Waals surface area contributed by atoms with Crippen LogP contribution in [0.3, 0.4) is 0 Å². The van der Waals surface area contributed by atoms with Gasteiger partial charge in [-0.3, -0.25) is 0 Å². The molecule has 1 unspecified atom stereocenters. The lowest BCUT2D eigenvalue weighted by molar-refractivity contribution is 0.414. The number of anilines is 1. The molecule has 0 fully saturated rings. The first-order chi connectivity index (χ1) is 10.1. The number of pyridine rings is 1. The van der Waals surface area contributed by atoms with Crippen LogP contribution in [0.1, 0.15) is 24.1 Å². The number of hydrogen-bond donors (Lipinski definition) is 1. The van der Waals surface area contributed by atoms with Crippen LogP contribution in [0.4, 0.5) is 5.82 Å². The van der Waals surface area contributed by atoms with Gasteiger partial charge in [-0.25, -0.2) is 4.98 Å². The fourth-order valence-corrected chi connectivity index (χ4v) is 2.16. The first kappa shape index (κ1) is 15.3. The monoisotopic (exact) mass is 285 g/mol. The van der Waals surface area contributed by atoms with E-state index in [0.29, 0.717) is 6.04 Å². The standard InChI is InChI=1S/C17H23N3O/c1-13(18-2)15-9-10-19-17(11-15)20(3)12-14-5-7-16(21-4)8-6-14/h5-11,13,18H,12H2,1-4H3. The fourth-order valence-electron chi connectivity index (χ4n) is 2.16. The predicted octanol–water partition coefficient (Wildman–Crippen LogP) is 3.01. The zero-order valence-corrected chi connectivity index (χ0v) is 13.1. The van der Waals surface area contributed by atoms with Crippen LogP contribution in [0.2, 0.25) is 0 Å². The molecule has 0 radical (unpaired) electrons. The molecule has 1 N–H and O–H groups in total. The molecule has 0 aliphatic rings. The molecule has 2 rings (SSSR count). The minimum Gasteiger partial charge on any atom is -0.497 e. The van der Waals surface area contributed by atoms with E-state index in [1.165, 1.54) is 11.1 Å². The predicted molar refractivity (Wildman–Crippen MR) is 86.8 cm³/mol. The van der Waals surface area contributed by atoms with Gasteiger partial charge in [0, 0.05) is 25.8 Å². The summed E-state index contributed by atoms with van der Waals surface area (Å²) in [6.45, 7) is 2.96. The molecule has 2 aromatic rings. The van der Waals surface area contributed by atoms with Crippen molar-refractivity contribution in [3.05, 3.63) is 53.7 Å². The largest absolute Gasteiger partial charge is 0.497 e. The second-order valence-corrected chi connectivity index (χ2v) is 5.16. The average Bonchev–Trinajstić information content (AvgIpc) is 2.55. The van der Waals surface area contributed by atoms with E-state index < -0.39 is 0 Å². The Labute approximate surface area is 126 Å². The van der Waals surface area contributed by atoms with Crippen LogP contribution in [-0.4, -0.2) is 26.2 Å². The van der Waals surface area contributed by atoms with Gasteiger partial charge >= 0.3 is 0 Å². The molecule has 0 spiro atoms. The molecular formula is C17H23N3O. The lowest BCUT2D eigenvalue weighted by Crippen LogP contribution is -2.19. The third-order valence-electron chi connectivity index (χ3n) is 3.67. The zero-order chi connectivity index (χ0) is 15.2. The lowest BCUT2D eigenvalue weighted by Gasteiger charge is -2.20. The molecule has 1 heterocycles. The number of benzene rings is 1. The summed E-state index contributed by atoms with van der Waals surface area (Å²) in [6.07, 6.45) is 1.86. The summed E-state index contributed by atoms with van der Waals surface area (Å²) in [5.41, 5.74) is 2.47. The molecular weight excluding hydrogens is 262 g/mol. The highest BCUT2D eigenvalue weighted by Crippen LogP contribution is 2.19. The summed E-state index contributed by atoms with van der Waals surface area (Å²) in [7, 11) is 5.70. The van der Waals surface area contributed by atoms with E-state index in [4.69, 9.17) is 4.74 Å². The van der Waals surface area contributed by atoms with Crippen LogP contribution in [0.5, 0.6) is 5.75 Å². The van der Waals surface area contributed by atoms with Crippen molar-refractivity contribution in [3.63, 3.8) is 0 Å². The van der Waals surface area contributed by atoms with Crippen LogP contribution in [0.15, 0.2) is 42.6 Å². The molecule has 1 aromatic heterocycles. The minimum absolute atomic E-state index is 0.320. The Morgan fingerprint density at radius 1 is 1.24 bits per heavy atom. The topological polar surface area (TPSA) is 37.4 Å². The molecule has 4 heteroatoms. The summed E-state index contributed by atoms with van der Waals surface area (Å²) < 4.78 is 5.18. The summed E-state index contributed by atoms with van der Waals surface area (Å²) in [5.74, 6) is 1.86. The van der Waals surface area contributed by atoms with Crippen molar-refractivity contribution < 1.29 is 4.74 Å². The van der Waals surface area contributed by atoms with Crippen molar-refractivity contribution in [2.75, 3.05) is 26.1 Å². The average molecular weight is 285 g/mol. The molecule has 1 aromatic carbocycles. The lowest BCUT2D eigenvalue weighted by atomic mass is 10.1. The van der Waals surface area contributed by atoms with E-state index in [1.807, 2.05) is 31.4 Å². The highest BCUT2D eigenvalue weighted by Gasteiger charge is 2.08. The van der Waals surface area contributed by atoms with Gasteiger partial charge in [0.2, 0.25) is 0 Å². The van der Waals surface area contributed by atoms with E-state index in [-0.39, 0.29) is 0 Å². The molecule has 21 heavy (non-hydrogen) atoms. The number of methoxy groups -OCH3 is 1. The van der Waals surface area contributed by atoms with Crippen LogP contribution in [0, 0.1) is 0 Å². The molecule has 4 nitrogen and oxygen atoms in total. The van der Waals surface area contributed by atoms with Crippen molar-refractivity contribution in [3.8, 4) is 5.75 Å². The van der Waals surface area contributed by atoms with Gasteiger partial charge in [0.25, 0.3) is 0 Å². The van der Waals surface area contributed by atoms with Crippen molar-refractivity contribution in [1.82, 2.24) is 10.3 Å². The Morgan fingerprint density at radius 3 is 2.57 bits per heavy atom. The smallest absolute Gasteiger partial charge is 0.128 e. The van der Waals surface area contributed by atoms with E-state index in [0.717, 1.165) is 18.1 Å². The summed E-state index contributed by atoms with van der Waals surface area (Å²) in [4.78, 5) is 6.61. The third kappa shape index (κ3) is 3.95. The van der Waals surface area contributed by atoms with E-state index in [2.05, 4.69) is 47.4 Å². The van der Waals surface area contributed by atoms with Crippen LogP contribution in [-0.2, 0) is 6.54 Å². The van der Waals surface area contributed by atoms with E-state index >= 15 is 0 Å². The Hall–Kier alpha value is -2.07. The van der Waals surface area contributed by atoms with E-state index in [9.17, 15) is 0 Å². The van der Waals surface area contributed by atoms with Crippen molar-refractivity contribution in [2.45, 2.75) is 19.5 Å². The minimum atomic E-state index is 0.320. The van der Waals surface area contributed by atoms with Gasteiger partial charge in [-0.05, 0) is 49.4 Å². The van der Waals surface area contributed by atoms with Gasteiger partial charge in [-0.2, -0.15) is 0 Å². The summed E-state index contributed by atoms with van der Waals surface area (Å²) >= 11 is 0. The van der Waals surface area contributed by atoms with Gasteiger partial charge in [-0.1, -0.05) is 12.1 Å². The first-order valence-corrected chi connectivity index (χ1v) is 7.11. The Morgan fingerprint density at radius 2 is 1.95 bits per heavy atom. The van der Waals surface area contributed by atoms with Gasteiger partial charge in [-0.15, -0.1) is 0 Å². The van der Waals surface area contributed by atoms with Crippen molar-refractivity contribution in [1.29, 1.82) is 0 Å². The highest BCUT2D eigenvalue weighted by atomic mass is 16.5. The molecule has 1 atom stereocenters. The first-order valence-electron chi connectivity index (χ1n) is 7.11. The van der Waals surface area contributed by atoms with Crippen molar-refractivity contribution in [2.24, 2.45) is 0 Å². The zero-order valence-electron chi connectivity index (χ0n) is 13.1. The van der Waals surface area contributed by atoms with Gasteiger partial charge in [0.15, 0.2) is 0 Å². The fraction of sp³-hybridized carbons (Fsp3) is 0.353. The normalized spacial score (nSPS) is 12.0. The summed E-state index contributed by atoms with van der Waals surface area (Å²) in [6, 6.07) is 12.6. The van der Waals surface area contributed by atoms with Crippen molar-refractivity contribution >= 4 is 5.82 Å². The summed E-state index contributed by atoms with van der Waals surface area (Å²) in [5, 5.41) is 3.25. The second kappa shape index (κ2) is 7.09. The SMILES string of the molecule is CNC(C)c1ccnc(N(C)Cc2ccc(OC)cc2)c1. The molecule has 0 amide bonds. The van der Waals surface area contributed by atoms with Gasteiger partial charge in [0.05, 0.1) is 7.11 Å². The molecule has 112 valence electrons. The molecule has 0 saturated heterocycles. The maximum absolute atomic E-state index is 5.18. The number of nitrogens with zero attached hydrogens (tertiary/aromatic N) is 2. The van der Waals surface area contributed by atoms with Crippen LogP contribution < -0.4 is 15.0 Å². The molecule has 0 aliphatic carbocycles. The van der Waals surface area contributed by atoms with Crippen LogP contribution in [0.25, 0.3) is 0 Å². The van der Waals surface area contributed by atoms with E-state index in [1.54, 1.807) is 7.11 Å². The number of rotatable bonds is 6. The maximum Gasteiger partial charge on any atom is 0.128 e. The van der Waals surface area contributed by atoms with Gasteiger partial charge < -0.3 is 15.0 Å². The molecule has 0 saturated carbocycles. The number of aromatic nitrogens is 1. The highest BCUT2D eigenvalue weighted by molar-refractivity contribution is 5.42. The Kier molecular flexibility index (Phi) is 5.17. The second-order valence-electron chi connectivity index (χ2n) is 5.16. The Bertz CT molecular complexity index is 569. The number of nitrogens with one attached hydrogen (secondary N) is 1. The number of ether oxygens (including phenoxy) is 1. The van der Waals surface area contributed by atoms with Crippen LogP contribution >= 0.6 is 0 Å². The molecule has 0 aliphatic heterocycles. The van der Waals surface area contributed by atoms with Gasteiger partial charge in [0.1, 0.15) is 11.6 Å². The molecule has 0 bridgehead atoms. The maximum atomic E-state index is 5.18.